The highest BCUT2D eigenvalue weighted by Crippen LogP contribution is 2.37. The lowest BCUT2D eigenvalue weighted by Crippen LogP contribution is -2.44. The largest absolute Gasteiger partial charge is 0.489 e. The number of fused-ring (bicyclic) bond motifs is 2. The van der Waals surface area contributed by atoms with E-state index in [1.807, 2.05) is 0 Å². The van der Waals surface area contributed by atoms with Crippen LogP contribution in [0.1, 0.15) is 44.7 Å². The number of hydrogen-bond donors (Lipinski definition) is 6. The molecule has 1 aliphatic rings. The van der Waals surface area contributed by atoms with Gasteiger partial charge in [0.25, 0.3) is 5.91 Å². The number of carboxylic acid groups (broad SMARTS) is 4. The number of carbonyl (C=O) groups is 6. The molecule has 0 saturated heterocycles. The molecule has 0 fully saturated rings. The summed E-state index contributed by atoms with van der Waals surface area (Å²) in [6.07, 6.45) is 0.0522. The molecule has 0 aliphatic carbocycles. The minimum absolute atomic E-state index is 0.0108. The molecule has 2 aromatic carbocycles. The van der Waals surface area contributed by atoms with Crippen molar-refractivity contribution in [1.29, 1.82) is 0 Å². The van der Waals surface area contributed by atoms with Crippen LogP contribution in [-0.2, 0) is 32.0 Å². The number of benzene rings is 2. The molecule has 0 bridgehead atoms. The van der Waals surface area contributed by atoms with E-state index >= 15 is 0 Å². The first-order valence-electron chi connectivity index (χ1n) is 13.9. The van der Waals surface area contributed by atoms with Crippen molar-refractivity contribution >= 4 is 47.4 Å². The van der Waals surface area contributed by atoms with E-state index in [1.54, 1.807) is 6.07 Å². The fraction of sp³-hybridized carbons (Fsp3) is 0.345. The normalized spacial score (nSPS) is 12.5. The van der Waals surface area contributed by atoms with Gasteiger partial charge in [0, 0.05) is 19.5 Å². The van der Waals surface area contributed by atoms with Crippen molar-refractivity contribution in [2.75, 3.05) is 39.3 Å². The predicted molar refractivity (Wildman–Crippen MR) is 158 cm³/mol. The van der Waals surface area contributed by atoms with Gasteiger partial charge in [0.1, 0.15) is 6.54 Å². The Bertz CT molecular complexity index is 1540. The minimum atomic E-state index is -1.43. The van der Waals surface area contributed by atoms with Gasteiger partial charge >= 0.3 is 29.8 Å². The maximum absolute atomic E-state index is 14.0. The lowest BCUT2D eigenvalue weighted by molar-refractivity contribution is -0.143. The fourth-order valence-corrected chi connectivity index (χ4v) is 4.74. The standard InChI is InChI=1S/C29H33N5O12/c30-29(31)32-18-5-6-19-17(12-18)2-1-11-45-26-20(46-28(19)44)7-3-16(4-8-21(35)36)25(26)27(43)34(15-24(41)42)10-9-33(13-22(37)38)14-23(39)40/h3,5-7,12H,1-2,4,8-11,13-15H2,(H,35,36)(H,37,38)(H,39,40)(H,41,42)(H4,30,31,32). The van der Waals surface area contributed by atoms with Gasteiger partial charge in [-0.25, -0.2) is 9.79 Å². The third kappa shape index (κ3) is 9.91. The van der Waals surface area contributed by atoms with E-state index in [1.165, 1.54) is 24.3 Å². The quantitative estimate of drug-likeness (QED) is 0.0692. The molecule has 0 spiro atoms. The Morgan fingerprint density at radius 1 is 0.870 bits per heavy atom. The Labute approximate surface area is 261 Å². The Morgan fingerprint density at radius 3 is 2.15 bits per heavy atom. The number of rotatable bonds is 14. The zero-order chi connectivity index (χ0) is 34.0. The smallest absolute Gasteiger partial charge is 0.343 e. The number of carboxylic acids is 4. The van der Waals surface area contributed by atoms with Crippen LogP contribution in [0.2, 0.25) is 0 Å². The number of carbonyl (C=O) groups excluding carboxylic acids is 2. The second kappa shape index (κ2) is 15.8. The fourth-order valence-electron chi connectivity index (χ4n) is 4.74. The molecule has 246 valence electrons. The van der Waals surface area contributed by atoms with Crippen LogP contribution < -0.4 is 20.9 Å². The molecule has 0 atom stereocenters. The molecule has 0 radical (unpaired) electrons. The first-order valence-corrected chi connectivity index (χ1v) is 13.9. The van der Waals surface area contributed by atoms with Crippen LogP contribution in [0.15, 0.2) is 35.3 Å². The van der Waals surface area contributed by atoms with Crippen molar-refractivity contribution in [3.05, 3.63) is 52.6 Å². The van der Waals surface area contributed by atoms with E-state index in [0.717, 1.165) is 9.80 Å². The Hall–Kier alpha value is -5.71. The summed E-state index contributed by atoms with van der Waals surface area (Å²) in [6.45, 7) is -3.02. The summed E-state index contributed by atoms with van der Waals surface area (Å²) in [5, 5.41) is 37.2. The van der Waals surface area contributed by atoms with Crippen molar-refractivity contribution in [3.63, 3.8) is 0 Å². The average Bonchev–Trinajstić information content (AvgIpc) is 2.95. The molecule has 0 aromatic heterocycles. The molecule has 2 aromatic rings. The number of aliphatic carboxylic acids is 4. The second-order valence-electron chi connectivity index (χ2n) is 10.2. The Balaban J connectivity index is 2.07. The SMILES string of the molecule is NC(N)=Nc1ccc2c(c1)CCCOc1c(ccc(CCC(=O)O)c1C(=O)N(CCN(CC(=O)O)CC(=O)O)CC(=O)O)OC2=O. The van der Waals surface area contributed by atoms with Crippen LogP contribution in [0.4, 0.5) is 5.69 Å². The van der Waals surface area contributed by atoms with E-state index in [-0.39, 0.29) is 53.7 Å². The summed E-state index contributed by atoms with van der Waals surface area (Å²) >= 11 is 0. The van der Waals surface area contributed by atoms with Crippen molar-refractivity contribution in [2.24, 2.45) is 16.5 Å². The zero-order valence-corrected chi connectivity index (χ0v) is 24.5. The molecule has 17 heteroatoms. The molecule has 1 aliphatic heterocycles. The summed E-state index contributed by atoms with van der Waals surface area (Å²) in [4.78, 5) is 78.8. The van der Waals surface area contributed by atoms with Gasteiger partial charge in [-0.15, -0.1) is 0 Å². The monoisotopic (exact) mass is 643 g/mol. The molecule has 8 N–H and O–H groups in total. The molecule has 1 amide bonds. The summed E-state index contributed by atoms with van der Waals surface area (Å²) in [7, 11) is 0. The van der Waals surface area contributed by atoms with Crippen molar-refractivity contribution < 1.29 is 58.7 Å². The van der Waals surface area contributed by atoms with Crippen molar-refractivity contribution in [3.8, 4) is 11.5 Å². The number of aliphatic imine (C=N–C) groups is 1. The first kappa shape index (κ1) is 34.8. The lowest BCUT2D eigenvalue weighted by Gasteiger charge is -2.27. The second-order valence-corrected chi connectivity index (χ2v) is 10.2. The van der Waals surface area contributed by atoms with E-state index in [0.29, 0.717) is 24.1 Å². The molecular formula is C29H33N5O12. The highest BCUT2D eigenvalue weighted by atomic mass is 16.6. The van der Waals surface area contributed by atoms with Gasteiger partial charge in [0.15, 0.2) is 17.5 Å². The van der Waals surface area contributed by atoms with Crippen LogP contribution in [0.3, 0.4) is 0 Å². The van der Waals surface area contributed by atoms with E-state index in [9.17, 15) is 39.0 Å². The third-order valence-electron chi connectivity index (χ3n) is 6.65. The number of aryl methyl sites for hydroxylation is 2. The zero-order valence-electron chi connectivity index (χ0n) is 24.5. The Kier molecular flexibility index (Phi) is 12.0. The molecule has 46 heavy (non-hydrogen) atoms. The van der Waals surface area contributed by atoms with Gasteiger partial charge in [-0.1, -0.05) is 6.07 Å². The van der Waals surface area contributed by atoms with Gasteiger partial charge in [-0.2, -0.15) is 0 Å². The lowest BCUT2D eigenvalue weighted by atomic mass is 9.98. The van der Waals surface area contributed by atoms with Crippen LogP contribution in [0.25, 0.3) is 0 Å². The molecular weight excluding hydrogens is 610 g/mol. The van der Waals surface area contributed by atoms with Crippen LogP contribution in [0, 0.1) is 0 Å². The summed E-state index contributed by atoms with van der Waals surface area (Å²) in [5.74, 6) is -7.63. The first-order chi connectivity index (χ1) is 21.7. The molecule has 3 rings (SSSR count). The van der Waals surface area contributed by atoms with Gasteiger partial charge in [-0.3, -0.25) is 28.9 Å². The highest BCUT2D eigenvalue weighted by molar-refractivity contribution is 6.01. The summed E-state index contributed by atoms with van der Waals surface area (Å²) < 4.78 is 11.6. The van der Waals surface area contributed by atoms with Gasteiger partial charge in [-0.05, 0) is 54.7 Å². The molecule has 1 heterocycles. The van der Waals surface area contributed by atoms with Gasteiger partial charge in [0.05, 0.1) is 36.5 Å². The predicted octanol–water partition coefficient (Wildman–Crippen LogP) is 0.151. The molecule has 0 unspecified atom stereocenters. The number of esters is 1. The van der Waals surface area contributed by atoms with E-state index in [2.05, 4.69) is 4.99 Å². The van der Waals surface area contributed by atoms with Crippen LogP contribution >= 0.6 is 0 Å². The van der Waals surface area contributed by atoms with E-state index < -0.39 is 68.4 Å². The van der Waals surface area contributed by atoms with Crippen molar-refractivity contribution in [1.82, 2.24) is 9.80 Å². The summed E-state index contributed by atoms with van der Waals surface area (Å²) in [6, 6.07) is 7.29. The van der Waals surface area contributed by atoms with Gasteiger partial charge in [0.2, 0.25) is 0 Å². The third-order valence-corrected chi connectivity index (χ3v) is 6.65. The molecule has 0 saturated carbocycles. The average molecular weight is 644 g/mol. The number of nitrogens with two attached hydrogens (primary N) is 2. The number of nitrogens with zero attached hydrogens (tertiary/aromatic N) is 3. The topological polar surface area (TPSA) is 273 Å². The number of guanidine groups is 1. The molecule has 17 nitrogen and oxygen atoms in total. The Morgan fingerprint density at radius 2 is 1.54 bits per heavy atom. The number of hydrogen-bond acceptors (Lipinski definition) is 10. The number of ether oxygens (including phenoxy) is 2. The van der Waals surface area contributed by atoms with Crippen LogP contribution in [0.5, 0.6) is 11.5 Å². The van der Waals surface area contributed by atoms with Crippen molar-refractivity contribution in [2.45, 2.75) is 25.7 Å². The van der Waals surface area contributed by atoms with E-state index in [4.69, 9.17) is 31.2 Å². The highest BCUT2D eigenvalue weighted by Gasteiger charge is 2.30. The number of amides is 1. The van der Waals surface area contributed by atoms with Gasteiger partial charge < -0.3 is 46.3 Å². The minimum Gasteiger partial charge on any atom is -0.489 e. The maximum atomic E-state index is 14.0. The maximum Gasteiger partial charge on any atom is 0.343 e. The van der Waals surface area contributed by atoms with Crippen LogP contribution in [-0.4, -0.2) is 111 Å². The summed E-state index contributed by atoms with van der Waals surface area (Å²) in [5.41, 5.74) is 12.0.